The molecule has 0 spiro atoms. The van der Waals surface area contributed by atoms with Crippen molar-refractivity contribution in [2.45, 2.75) is 58.3 Å². The van der Waals surface area contributed by atoms with Gasteiger partial charge in [0.05, 0.1) is 11.1 Å². The van der Waals surface area contributed by atoms with E-state index in [1.54, 1.807) is 6.07 Å². The van der Waals surface area contributed by atoms with E-state index in [1.165, 1.54) is 0 Å². The number of benzene rings is 2. The molecule has 0 radical (unpaired) electrons. The van der Waals surface area contributed by atoms with Crippen LogP contribution in [-0.4, -0.2) is 0 Å². The van der Waals surface area contributed by atoms with Gasteiger partial charge in [0.15, 0.2) is 0 Å². The third-order valence-corrected chi connectivity index (χ3v) is 5.26. The minimum atomic E-state index is -4.89. The predicted octanol–water partition coefficient (Wildman–Crippen LogP) is 10.1. The van der Waals surface area contributed by atoms with E-state index in [1.807, 2.05) is 52.8 Å². The first kappa shape index (κ1) is 28.3. The van der Waals surface area contributed by atoms with Crippen molar-refractivity contribution < 1.29 is 47.2 Å². The maximum absolute atomic E-state index is 13.4. The fourth-order valence-electron chi connectivity index (χ4n) is 3.67. The van der Waals surface area contributed by atoms with E-state index in [0.29, 0.717) is 16.5 Å². The summed E-state index contributed by atoms with van der Waals surface area (Å²) in [6, 6.07) is 9.30. The Balaban J connectivity index is 0.00000122. The Labute approximate surface area is 208 Å². The third kappa shape index (κ3) is 6.83. The molecule has 0 fully saturated rings. The van der Waals surface area contributed by atoms with Gasteiger partial charge < -0.3 is 0 Å². The molecule has 0 nitrogen and oxygen atoms in total. The van der Waals surface area contributed by atoms with Crippen LogP contribution in [0.3, 0.4) is 0 Å². The summed E-state index contributed by atoms with van der Waals surface area (Å²) in [5.74, 6) is 0.176. The standard InChI is InChI=1S/C24H23F6.2ClH.Zr/c1-13(2)15-8-14-6-7-20(22(3,4)5)21(19(14)11-15)16-9-17(23(25,26)27)12-18(10-16)24(28,29)30;;;/h6-13H,1-5H3;2*1H;/q-1;;;+2/p-2. The van der Waals surface area contributed by atoms with Gasteiger partial charge in [0.25, 0.3) is 0 Å². The number of fused-ring (bicyclic) bond motifs is 1. The zero-order chi connectivity index (χ0) is 25.4. The predicted molar refractivity (Wildman–Crippen MR) is 119 cm³/mol. The van der Waals surface area contributed by atoms with E-state index in [9.17, 15) is 26.3 Å². The zero-order valence-corrected chi connectivity index (χ0v) is 22.6. The van der Waals surface area contributed by atoms with Crippen LogP contribution in [0.2, 0.25) is 0 Å². The first-order chi connectivity index (χ1) is 15.0. The van der Waals surface area contributed by atoms with Gasteiger partial charge in [-0.1, -0.05) is 45.7 Å². The average Bonchev–Trinajstić information content (AvgIpc) is 3.10. The molecule has 0 unspecified atom stereocenters. The molecule has 0 saturated heterocycles. The van der Waals surface area contributed by atoms with Gasteiger partial charge >= 0.3 is 50.2 Å². The molecule has 0 atom stereocenters. The van der Waals surface area contributed by atoms with E-state index in [-0.39, 0.29) is 17.5 Å². The molecule has 0 aromatic heterocycles. The van der Waals surface area contributed by atoms with Gasteiger partial charge in [-0.05, 0) is 35.1 Å². The topological polar surface area (TPSA) is 0 Å². The van der Waals surface area contributed by atoms with Gasteiger partial charge in [-0.2, -0.15) is 32.4 Å². The van der Waals surface area contributed by atoms with Crippen LogP contribution in [0, 0.1) is 0 Å². The van der Waals surface area contributed by atoms with E-state index >= 15 is 0 Å². The zero-order valence-electron chi connectivity index (χ0n) is 18.6. The van der Waals surface area contributed by atoms with E-state index in [4.69, 9.17) is 17.0 Å². The van der Waals surface area contributed by atoms with Crippen LogP contribution in [-0.2, 0) is 38.6 Å². The Morgan fingerprint density at radius 1 is 0.818 bits per heavy atom. The fourth-order valence-corrected chi connectivity index (χ4v) is 3.67. The van der Waals surface area contributed by atoms with Crippen molar-refractivity contribution in [3.63, 3.8) is 0 Å². The van der Waals surface area contributed by atoms with Crippen molar-refractivity contribution in [2.75, 3.05) is 0 Å². The molecule has 3 aromatic rings. The van der Waals surface area contributed by atoms with Crippen LogP contribution in [0.4, 0.5) is 26.3 Å². The molecule has 9 heteroatoms. The molecule has 3 rings (SSSR count). The molecule has 0 saturated carbocycles. The summed E-state index contributed by atoms with van der Waals surface area (Å²) in [5.41, 5.74) is -1.06. The normalized spacial score (nSPS) is 12.7. The van der Waals surface area contributed by atoms with Crippen molar-refractivity contribution >= 4 is 27.8 Å². The quantitative estimate of drug-likeness (QED) is 0.207. The van der Waals surface area contributed by atoms with Crippen molar-refractivity contribution in [2.24, 2.45) is 0 Å². The molecular weight excluding hydrogens is 564 g/mol. The SMILES string of the molecule is CC(C)c1cc2c(-c3cc(C(F)(F)F)cc(C(F)(F)F)c3)c(C(C)(C)C)ccc2[cH-]1.[Cl][Zr][Cl]. The Morgan fingerprint density at radius 3 is 1.70 bits per heavy atom. The fraction of sp³-hybridized carbons (Fsp3) is 0.375. The molecule has 0 aliphatic heterocycles. The van der Waals surface area contributed by atoms with Crippen LogP contribution in [0.5, 0.6) is 0 Å². The molecular formula is C24H23Cl2F6Zr-. The molecule has 0 bridgehead atoms. The van der Waals surface area contributed by atoms with E-state index < -0.39 is 49.7 Å². The van der Waals surface area contributed by atoms with Crippen molar-refractivity contribution in [3.8, 4) is 11.1 Å². The first-order valence-electron chi connectivity index (χ1n) is 10.0. The Morgan fingerprint density at radius 2 is 1.30 bits per heavy atom. The molecule has 33 heavy (non-hydrogen) atoms. The molecule has 3 aromatic carbocycles. The Bertz CT molecular complexity index is 1070. The summed E-state index contributed by atoms with van der Waals surface area (Å²) in [6.07, 6.45) is -9.78. The summed E-state index contributed by atoms with van der Waals surface area (Å²) in [6.45, 7) is 9.65. The van der Waals surface area contributed by atoms with E-state index in [0.717, 1.165) is 23.1 Å². The summed E-state index contributed by atoms with van der Waals surface area (Å²) < 4.78 is 80.7. The number of alkyl halides is 6. The van der Waals surface area contributed by atoms with Crippen LogP contribution in [0.15, 0.2) is 42.5 Å². The van der Waals surface area contributed by atoms with Gasteiger partial charge in [-0.3, -0.25) is 0 Å². The summed E-state index contributed by atoms with van der Waals surface area (Å²) in [7, 11) is 9.87. The number of halogens is 8. The summed E-state index contributed by atoms with van der Waals surface area (Å²) in [5, 5.41) is 1.46. The van der Waals surface area contributed by atoms with Crippen LogP contribution in [0.1, 0.15) is 62.8 Å². The van der Waals surface area contributed by atoms with Crippen molar-refractivity contribution in [1.82, 2.24) is 0 Å². The number of hydrogen-bond donors (Lipinski definition) is 0. The second-order valence-corrected chi connectivity index (χ2v) is 12.8. The first-order valence-corrected chi connectivity index (χ1v) is 16.3. The van der Waals surface area contributed by atoms with Crippen LogP contribution >= 0.6 is 17.0 Å². The van der Waals surface area contributed by atoms with Gasteiger partial charge in [-0.15, -0.1) is 34.5 Å². The summed E-state index contributed by atoms with van der Waals surface area (Å²) in [4.78, 5) is 0. The molecule has 180 valence electrons. The van der Waals surface area contributed by atoms with Crippen molar-refractivity contribution in [3.05, 3.63) is 64.7 Å². The molecule has 0 aliphatic rings. The number of rotatable bonds is 2. The van der Waals surface area contributed by atoms with E-state index in [2.05, 4.69) is 0 Å². The average molecular weight is 588 g/mol. The second-order valence-electron chi connectivity index (χ2n) is 9.05. The van der Waals surface area contributed by atoms with Gasteiger partial charge in [0.2, 0.25) is 0 Å². The van der Waals surface area contributed by atoms with Gasteiger partial charge in [-0.25, -0.2) is 0 Å². The monoisotopic (exact) mass is 585 g/mol. The second kappa shape index (κ2) is 10.4. The summed E-state index contributed by atoms with van der Waals surface area (Å²) >= 11 is -0.826. The maximum atomic E-state index is 13.4. The Hall–Kier alpha value is -0.907. The molecule has 0 heterocycles. The van der Waals surface area contributed by atoms with Gasteiger partial charge in [0.1, 0.15) is 0 Å². The van der Waals surface area contributed by atoms with Gasteiger partial charge in [0, 0.05) is 0 Å². The molecule has 0 N–H and O–H groups in total. The molecule has 0 amide bonds. The third-order valence-electron chi connectivity index (χ3n) is 5.26. The number of hydrogen-bond acceptors (Lipinski definition) is 0. The van der Waals surface area contributed by atoms with Crippen LogP contribution < -0.4 is 0 Å². The van der Waals surface area contributed by atoms with Crippen molar-refractivity contribution in [1.29, 1.82) is 0 Å². The molecule has 0 aliphatic carbocycles. The minimum absolute atomic E-state index is 0.0754. The Kier molecular flexibility index (Phi) is 8.91. The van der Waals surface area contributed by atoms with Crippen LogP contribution in [0.25, 0.3) is 21.9 Å².